The molecule has 0 aromatic heterocycles. The zero-order chi connectivity index (χ0) is 7.68. The summed E-state index contributed by atoms with van der Waals surface area (Å²) in [4.78, 5) is 0. The molecule has 0 heterocycles. The van der Waals surface area contributed by atoms with E-state index in [1.807, 2.05) is 7.05 Å². The number of allylic oxidation sites excluding steroid dienone is 1. The molecule has 2 rings (SSSR count). The van der Waals surface area contributed by atoms with Gasteiger partial charge >= 0.3 is 0 Å². The molecule has 0 bridgehead atoms. The van der Waals surface area contributed by atoms with Crippen molar-refractivity contribution in [2.75, 3.05) is 7.05 Å². The monoisotopic (exact) mass is 145 g/mol. The van der Waals surface area contributed by atoms with Crippen LogP contribution in [0.4, 0.5) is 0 Å². The molecular formula is C10H11N. The van der Waals surface area contributed by atoms with Crippen molar-refractivity contribution in [3.63, 3.8) is 0 Å². The van der Waals surface area contributed by atoms with Gasteiger partial charge in [0.1, 0.15) is 0 Å². The molecule has 1 aliphatic carbocycles. The fourth-order valence-electron chi connectivity index (χ4n) is 1.52. The average molecular weight is 145 g/mol. The number of hydrogen-bond acceptors (Lipinski definition) is 1. The fraction of sp³-hybridized carbons (Fsp3) is 0.200. The molecular weight excluding hydrogens is 134 g/mol. The van der Waals surface area contributed by atoms with Crippen LogP contribution in [0.15, 0.2) is 30.3 Å². The smallest absolute Gasteiger partial charge is 0.0376 e. The van der Waals surface area contributed by atoms with Gasteiger partial charge in [0.25, 0.3) is 0 Å². The van der Waals surface area contributed by atoms with Crippen LogP contribution in [-0.2, 0) is 6.42 Å². The molecule has 11 heavy (non-hydrogen) atoms. The molecule has 0 amide bonds. The standard InChI is InChI=1S/C10H11N/c1-11-10-7-6-8-4-2-3-5-9(8)10/h2-5,7,11H,6H2,1H3. The summed E-state index contributed by atoms with van der Waals surface area (Å²) in [6, 6.07) is 8.50. The molecule has 56 valence electrons. The van der Waals surface area contributed by atoms with Gasteiger partial charge in [-0.3, -0.25) is 0 Å². The molecule has 1 aromatic carbocycles. The largest absolute Gasteiger partial charge is 0.388 e. The van der Waals surface area contributed by atoms with Crippen molar-refractivity contribution in [3.8, 4) is 0 Å². The van der Waals surface area contributed by atoms with E-state index < -0.39 is 0 Å². The number of benzene rings is 1. The normalized spacial score (nSPS) is 14.1. The van der Waals surface area contributed by atoms with Gasteiger partial charge in [0.15, 0.2) is 0 Å². The second kappa shape index (κ2) is 2.42. The highest BCUT2D eigenvalue weighted by atomic mass is 14.8. The van der Waals surface area contributed by atoms with Crippen molar-refractivity contribution in [2.45, 2.75) is 6.42 Å². The minimum atomic E-state index is 1.08. The molecule has 0 radical (unpaired) electrons. The van der Waals surface area contributed by atoms with Gasteiger partial charge in [-0.05, 0) is 12.0 Å². The van der Waals surface area contributed by atoms with Crippen LogP contribution in [0.1, 0.15) is 11.1 Å². The Labute approximate surface area is 66.7 Å². The summed E-state index contributed by atoms with van der Waals surface area (Å²) in [6.45, 7) is 0. The summed E-state index contributed by atoms with van der Waals surface area (Å²) in [5.41, 5.74) is 4.05. The highest BCUT2D eigenvalue weighted by molar-refractivity contribution is 5.71. The Morgan fingerprint density at radius 2 is 2.09 bits per heavy atom. The molecule has 0 unspecified atom stereocenters. The predicted octanol–water partition coefficient (Wildman–Crippen LogP) is 1.80. The third-order valence-electron chi connectivity index (χ3n) is 2.10. The zero-order valence-electron chi connectivity index (χ0n) is 6.59. The minimum absolute atomic E-state index is 1.08. The van der Waals surface area contributed by atoms with E-state index in [0.717, 1.165) is 6.42 Å². The molecule has 1 nitrogen and oxygen atoms in total. The molecule has 1 aromatic rings. The first-order chi connectivity index (χ1) is 5.42. The van der Waals surface area contributed by atoms with Gasteiger partial charge < -0.3 is 5.32 Å². The van der Waals surface area contributed by atoms with Gasteiger partial charge in [0.2, 0.25) is 0 Å². The summed E-state index contributed by atoms with van der Waals surface area (Å²) >= 11 is 0. The molecule has 0 spiro atoms. The number of fused-ring (bicyclic) bond motifs is 1. The first-order valence-corrected chi connectivity index (χ1v) is 3.88. The highest BCUT2D eigenvalue weighted by Gasteiger charge is 2.10. The number of hydrogen-bond donors (Lipinski definition) is 1. The van der Waals surface area contributed by atoms with Crippen molar-refractivity contribution in [1.29, 1.82) is 0 Å². The van der Waals surface area contributed by atoms with Crippen LogP contribution in [0.2, 0.25) is 0 Å². The van der Waals surface area contributed by atoms with Crippen molar-refractivity contribution >= 4 is 5.70 Å². The Bertz CT molecular complexity index is 299. The number of rotatable bonds is 1. The Hall–Kier alpha value is -1.24. The first-order valence-electron chi connectivity index (χ1n) is 3.88. The maximum absolute atomic E-state index is 3.18. The topological polar surface area (TPSA) is 12.0 Å². The average Bonchev–Trinajstić information content (AvgIpc) is 2.47. The molecule has 0 saturated heterocycles. The molecule has 0 atom stereocenters. The highest BCUT2D eigenvalue weighted by Crippen LogP contribution is 2.23. The summed E-state index contributed by atoms with van der Waals surface area (Å²) in [5, 5.41) is 3.18. The van der Waals surface area contributed by atoms with Gasteiger partial charge in [-0.1, -0.05) is 30.3 Å². The van der Waals surface area contributed by atoms with E-state index in [4.69, 9.17) is 0 Å². The van der Waals surface area contributed by atoms with E-state index in [0.29, 0.717) is 0 Å². The lowest BCUT2D eigenvalue weighted by Crippen LogP contribution is -2.01. The van der Waals surface area contributed by atoms with Crippen molar-refractivity contribution in [1.82, 2.24) is 5.32 Å². The van der Waals surface area contributed by atoms with Crippen LogP contribution in [0.25, 0.3) is 5.70 Å². The van der Waals surface area contributed by atoms with E-state index >= 15 is 0 Å². The van der Waals surface area contributed by atoms with Crippen LogP contribution < -0.4 is 5.32 Å². The predicted molar refractivity (Wildman–Crippen MR) is 47.2 cm³/mol. The van der Waals surface area contributed by atoms with E-state index in [1.54, 1.807) is 0 Å². The lowest BCUT2D eigenvalue weighted by molar-refractivity contribution is 1.13. The number of nitrogens with one attached hydrogen (secondary N) is 1. The molecule has 0 saturated carbocycles. The third kappa shape index (κ3) is 0.929. The second-order valence-electron chi connectivity index (χ2n) is 2.73. The van der Waals surface area contributed by atoms with E-state index in [1.165, 1.54) is 16.8 Å². The quantitative estimate of drug-likeness (QED) is 0.635. The van der Waals surface area contributed by atoms with Gasteiger partial charge in [-0.25, -0.2) is 0 Å². The Morgan fingerprint density at radius 3 is 2.91 bits per heavy atom. The van der Waals surface area contributed by atoms with E-state index in [-0.39, 0.29) is 0 Å². The van der Waals surface area contributed by atoms with Crippen molar-refractivity contribution in [2.24, 2.45) is 0 Å². The Morgan fingerprint density at radius 1 is 1.27 bits per heavy atom. The van der Waals surface area contributed by atoms with Crippen LogP contribution >= 0.6 is 0 Å². The molecule has 0 aliphatic heterocycles. The van der Waals surface area contributed by atoms with Gasteiger partial charge in [0.05, 0.1) is 0 Å². The summed E-state index contributed by atoms with van der Waals surface area (Å²) in [5.74, 6) is 0. The first kappa shape index (κ1) is 6.47. The Kier molecular flexibility index (Phi) is 1.42. The minimum Gasteiger partial charge on any atom is -0.388 e. The molecule has 1 N–H and O–H groups in total. The molecule has 1 heteroatoms. The van der Waals surface area contributed by atoms with Crippen LogP contribution in [0.5, 0.6) is 0 Å². The molecule has 1 aliphatic rings. The fourth-order valence-corrected chi connectivity index (χ4v) is 1.52. The van der Waals surface area contributed by atoms with Crippen molar-refractivity contribution < 1.29 is 0 Å². The summed E-state index contributed by atoms with van der Waals surface area (Å²) in [6.07, 6.45) is 3.30. The SMILES string of the molecule is CNC1=CCc2ccccc21. The van der Waals surface area contributed by atoms with Gasteiger partial charge in [0, 0.05) is 18.3 Å². The van der Waals surface area contributed by atoms with Gasteiger partial charge in [-0.15, -0.1) is 0 Å². The maximum Gasteiger partial charge on any atom is 0.0376 e. The summed E-state index contributed by atoms with van der Waals surface area (Å²) in [7, 11) is 1.97. The maximum atomic E-state index is 3.18. The molecule has 0 fully saturated rings. The van der Waals surface area contributed by atoms with Crippen LogP contribution in [-0.4, -0.2) is 7.05 Å². The van der Waals surface area contributed by atoms with Crippen LogP contribution in [0.3, 0.4) is 0 Å². The second-order valence-corrected chi connectivity index (χ2v) is 2.73. The van der Waals surface area contributed by atoms with E-state index in [2.05, 4.69) is 35.7 Å². The lowest BCUT2D eigenvalue weighted by atomic mass is 10.1. The Balaban J connectivity index is 2.48. The third-order valence-corrected chi connectivity index (χ3v) is 2.10. The van der Waals surface area contributed by atoms with Gasteiger partial charge in [-0.2, -0.15) is 0 Å². The van der Waals surface area contributed by atoms with Crippen molar-refractivity contribution in [3.05, 3.63) is 41.5 Å². The zero-order valence-corrected chi connectivity index (χ0v) is 6.59. The lowest BCUT2D eigenvalue weighted by Gasteiger charge is -2.02. The van der Waals surface area contributed by atoms with E-state index in [9.17, 15) is 0 Å². The summed E-state index contributed by atoms with van der Waals surface area (Å²) < 4.78 is 0. The van der Waals surface area contributed by atoms with Crippen LogP contribution in [0, 0.1) is 0 Å².